The monoisotopic (exact) mass is 327 g/mol. The van der Waals surface area contributed by atoms with Crippen molar-refractivity contribution in [3.8, 4) is 0 Å². The van der Waals surface area contributed by atoms with Crippen LogP contribution in [0.15, 0.2) is 48.5 Å². The summed E-state index contributed by atoms with van der Waals surface area (Å²) in [5, 5.41) is 8.11. The second-order valence-electron chi connectivity index (χ2n) is 6.66. The van der Waals surface area contributed by atoms with Crippen LogP contribution in [0.4, 0.5) is 11.4 Å². The number of rotatable bonds is 2. The van der Waals surface area contributed by atoms with E-state index < -0.39 is 0 Å². The molecule has 0 unspecified atom stereocenters. The lowest BCUT2D eigenvalue weighted by molar-refractivity contribution is 0.332. The molecule has 2 aliphatic rings. The molecule has 4 heteroatoms. The van der Waals surface area contributed by atoms with Gasteiger partial charge in [-0.15, -0.1) is 0 Å². The molecule has 2 heterocycles. The second kappa shape index (κ2) is 6.06. The first kappa shape index (κ1) is 14.9. The molecule has 4 rings (SSSR count). The fraction of sp³-hybridized carbons (Fsp3) is 0.368. The van der Waals surface area contributed by atoms with E-state index in [1.54, 1.807) is 0 Å². The van der Waals surface area contributed by atoms with E-state index >= 15 is 0 Å². The molecule has 2 aliphatic heterocycles. The number of hydrogen-bond acceptors (Lipinski definition) is 3. The Hall–Kier alpha value is -1.71. The maximum atomic E-state index is 6.02. The average molecular weight is 328 g/mol. The van der Waals surface area contributed by atoms with Crippen molar-refractivity contribution in [2.24, 2.45) is 0 Å². The first-order valence-electron chi connectivity index (χ1n) is 8.32. The van der Waals surface area contributed by atoms with Crippen molar-refractivity contribution >= 4 is 23.0 Å². The molecule has 0 atom stereocenters. The van der Waals surface area contributed by atoms with Crippen LogP contribution in [-0.4, -0.2) is 25.2 Å². The summed E-state index contributed by atoms with van der Waals surface area (Å²) in [5.41, 5.74) is 4.04. The summed E-state index contributed by atoms with van der Waals surface area (Å²) >= 11 is 6.02. The van der Waals surface area contributed by atoms with Crippen molar-refractivity contribution in [2.75, 3.05) is 29.9 Å². The van der Waals surface area contributed by atoms with Crippen LogP contribution < -0.4 is 15.5 Å². The molecule has 1 fully saturated rings. The molecule has 1 spiro atoms. The minimum Gasteiger partial charge on any atom is -0.376 e. The van der Waals surface area contributed by atoms with Gasteiger partial charge >= 0.3 is 0 Å². The molecule has 0 aromatic heterocycles. The third-order valence-electron chi connectivity index (χ3n) is 4.99. The number of hydrogen-bond donors (Lipinski definition) is 2. The zero-order chi connectivity index (χ0) is 15.7. The summed E-state index contributed by atoms with van der Waals surface area (Å²) in [7, 11) is 0. The van der Waals surface area contributed by atoms with Gasteiger partial charge in [-0.05, 0) is 55.8 Å². The van der Waals surface area contributed by atoms with Crippen LogP contribution in [0.1, 0.15) is 18.4 Å². The summed E-state index contributed by atoms with van der Waals surface area (Å²) < 4.78 is 0. The van der Waals surface area contributed by atoms with Crippen LogP contribution in [0.25, 0.3) is 0 Å². The Morgan fingerprint density at radius 2 is 1.74 bits per heavy atom. The van der Waals surface area contributed by atoms with Crippen LogP contribution >= 0.6 is 11.6 Å². The van der Waals surface area contributed by atoms with E-state index in [1.807, 2.05) is 12.1 Å². The van der Waals surface area contributed by atoms with E-state index in [2.05, 4.69) is 51.9 Å². The van der Waals surface area contributed by atoms with Crippen LogP contribution in [0.2, 0.25) is 5.02 Å². The number of halogens is 1. The predicted molar refractivity (Wildman–Crippen MR) is 97.4 cm³/mol. The molecule has 0 saturated carbocycles. The topological polar surface area (TPSA) is 27.3 Å². The minimum absolute atomic E-state index is 0.187. The molecule has 2 aromatic rings. The zero-order valence-corrected chi connectivity index (χ0v) is 13.9. The standard InChI is InChI=1S/C19H22ClN3/c20-16-7-5-15(6-8-16)13-23-14-19(9-11-21-12-10-19)22-17-3-1-2-4-18(17)23/h1-8,21-22H,9-14H2. The Kier molecular flexibility index (Phi) is 3.92. The number of benzene rings is 2. The fourth-order valence-electron chi connectivity index (χ4n) is 3.77. The van der Waals surface area contributed by atoms with Crippen LogP contribution in [0.5, 0.6) is 0 Å². The number of para-hydroxylation sites is 2. The summed E-state index contributed by atoms with van der Waals surface area (Å²) in [5.74, 6) is 0. The number of nitrogens with one attached hydrogen (secondary N) is 2. The lowest BCUT2D eigenvalue weighted by Gasteiger charge is -2.48. The molecule has 1 saturated heterocycles. The largest absolute Gasteiger partial charge is 0.376 e. The van der Waals surface area contributed by atoms with E-state index in [9.17, 15) is 0 Å². The van der Waals surface area contributed by atoms with Gasteiger partial charge in [0.25, 0.3) is 0 Å². The molecular weight excluding hydrogens is 306 g/mol. The SMILES string of the molecule is Clc1ccc(CN2CC3(CCNCC3)Nc3ccccc32)cc1. The molecule has 0 radical (unpaired) electrons. The van der Waals surface area contributed by atoms with E-state index in [0.717, 1.165) is 31.2 Å². The molecular formula is C19H22ClN3. The van der Waals surface area contributed by atoms with Gasteiger partial charge in [0.1, 0.15) is 0 Å². The Morgan fingerprint density at radius 3 is 2.52 bits per heavy atom. The quantitative estimate of drug-likeness (QED) is 0.876. The van der Waals surface area contributed by atoms with Crippen molar-refractivity contribution in [1.29, 1.82) is 0 Å². The van der Waals surface area contributed by atoms with Gasteiger partial charge in [0.15, 0.2) is 0 Å². The van der Waals surface area contributed by atoms with E-state index in [-0.39, 0.29) is 5.54 Å². The van der Waals surface area contributed by atoms with E-state index in [4.69, 9.17) is 11.6 Å². The second-order valence-corrected chi connectivity index (χ2v) is 7.09. The maximum absolute atomic E-state index is 6.02. The van der Waals surface area contributed by atoms with Crippen LogP contribution in [-0.2, 0) is 6.54 Å². The van der Waals surface area contributed by atoms with Gasteiger partial charge in [-0.2, -0.15) is 0 Å². The molecule has 120 valence electrons. The Labute approximate surface area is 142 Å². The molecule has 0 amide bonds. The molecule has 3 nitrogen and oxygen atoms in total. The Balaban J connectivity index is 1.65. The van der Waals surface area contributed by atoms with E-state index in [0.29, 0.717) is 0 Å². The van der Waals surface area contributed by atoms with Gasteiger partial charge in [-0.3, -0.25) is 0 Å². The summed E-state index contributed by atoms with van der Waals surface area (Å²) in [6, 6.07) is 16.9. The maximum Gasteiger partial charge on any atom is 0.0606 e. The van der Waals surface area contributed by atoms with Crippen molar-refractivity contribution < 1.29 is 0 Å². The number of piperidine rings is 1. The van der Waals surface area contributed by atoms with Crippen LogP contribution in [0.3, 0.4) is 0 Å². The minimum atomic E-state index is 0.187. The Bertz CT molecular complexity index is 677. The normalized spacial score (nSPS) is 19.3. The molecule has 2 N–H and O–H groups in total. The third kappa shape index (κ3) is 3.04. The first-order valence-corrected chi connectivity index (χ1v) is 8.69. The molecule has 0 bridgehead atoms. The molecule has 23 heavy (non-hydrogen) atoms. The number of anilines is 2. The van der Waals surface area contributed by atoms with Gasteiger partial charge in [-0.25, -0.2) is 0 Å². The summed E-state index contributed by atoms with van der Waals surface area (Å²) in [6.45, 7) is 4.15. The summed E-state index contributed by atoms with van der Waals surface area (Å²) in [4.78, 5) is 2.51. The summed E-state index contributed by atoms with van der Waals surface area (Å²) in [6.07, 6.45) is 2.33. The smallest absolute Gasteiger partial charge is 0.0606 e. The molecule has 0 aliphatic carbocycles. The van der Waals surface area contributed by atoms with E-state index in [1.165, 1.54) is 29.8 Å². The molecule has 2 aromatic carbocycles. The predicted octanol–water partition coefficient (Wildman–Crippen LogP) is 3.89. The Morgan fingerprint density at radius 1 is 1.00 bits per heavy atom. The van der Waals surface area contributed by atoms with Gasteiger partial charge < -0.3 is 15.5 Å². The number of nitrogens with zero attached hydrogens (tertiary/aromatic N) is 1. The first-order chi connectivity index (χ1) is 11.2. The highest BCUT2D eigenvalue weighted by Gasteiger charge is 2.38. The highest BCUT2D eigenvalue weighted by molar-refractivity contribution is 6.30. The lowest BCUT2D eigenvalue weighted by Crippen LogP contribution is -2.57. The van der Waals surface area contributed by atoms with Gasteiger partial charge in [0, 0.05) is 18.1 Å². The van der Waals surface area contributed by atoms with Gasteiger partial charge in [-0.1, -0.05) is 35.9 Å². The van der Waals surface area contributed by atoms with Crippen molar-refractivity contribution in [1.82, 2.24) is 5.32 Å². The van der Waals surface area contributed by atoms with Crippen molar-refractivity contribution in [2.45, 2.75) is 24.9 Å². The van der Waals surface area contributed by atoms with Crippen molar-refractivity contribution in [3.63, 3.8) is 0 Å². The third-order valence-corrected chi connectivity index (χ3v) is 5.24. The highest BCUT2D eigenvalue weighted by Crippen LogP contribution is 2.38. The zero-order valence-electron chi connectivity index (χ0n) is 13.2. The van der Waals surface area contributed by atoms with Gasteiger partial charge in [0.05, 0.1) is 16.9 Å². The fourth-order valence-corrected chi connectivity index (χ4v) is 3.90. The van der Waals surface area contributed by atoms with Crippen molar-refractivity contribution in [3.05, 3.63) is 59.1 Å². The highest BCUT2D eigenvalue weighted by atomic mass is 35.5. The average Bonchev–Trinajstić information content (AvgIpc) is 2.57. The van der Waals surface area contributed by atoms with Crippen LogP contribution in [0, 0.1) is 0 Å². The number of fused-ring (bicyclic) bond motifs is 1. The van der Waals surface area contributed by atoms with Gasteiger partial charge in [0.2, 0.25) is 0 Å². The lowest BCUT2D eigenvalue weighted by atomic mass is 9.85.